The Labute approximate surface area is 88.2 Å². The zero-order chi connectivity index (χ0) is 10.4. The summed E-state index contributed by atoms with van der Waals surface area (Å²) in [7, 11) is 3.13. The smallest absolute Gasteiger partial charge is 0.195 e. The van der Waals surface area contributed by atoms with Crippen LogP contribution >= 0.6 is 12.2 Å². The quantitative estimate of drug-likeness (QED) is 0.587. The topological polar surface area (TPSA) is 42.5 Å². The predicted octanol–water partition coefficient (Wildman–Crippen LogP) is 1.54. The van der Waals surface area contributed by atoms with Gasteiger partial charge in [0, 0.05) is 5.69 Å². The van der Waals surface area contributed by atoms with Gasteiger partial charge in [-0.2, -0.15) is 0 Å². The third kappa shape index (κ3) is 3.20. The van der Waals surface area contributed by atoms with Gasteiger partial charge in [-0.3, -0.25) is 4.84 Å². The number of anilines is 1. The monoisotopic (exact) mass is 212 g/mol. The van der Waals surface area contributed by atoms with Crippen LogP contribution < -0.4 is 15.5 Å². The molecule has 14 heavy (non-hydrogen) atoms. The number of thiocarbonyl (C=S) groups is 1. The van der Waals surface area contributed by atoms with Crippen molar-refractivity contribution in [2.75, 3.05) is 19.5 Å². The fraction of sp³-hybridized carbons (Fsp3) is 0.222. The fourth-order valence-corrected chi connectivity index (χ4v) is 1.12. The Morgan fingerprint density at radius 2 is 1.86 bits per heavy atom. The van der Waals surface area contributed by atoms with E-state index in [2.05, 4.69) is 15.6 Å². The van der Waals surface area contributed by atoms with Crippen molar-refractivity contribution in [3.63, 3.8) is 0 Å². The highest BCUT2D eigenvalue weighted by molar-refractivity contribution is 7.80. The van der Waals surface area contributed by atoms with Gasteiger partial charge in [-0.15, -0.1) is 0 Å². The van der Waals surface area contributed by atoms with Gasteiger partial charge in [0.05, 0.1) is 14.2 Å². The standard InChI is InChI=1S/C9H12N2O2S/c1-12-8-5-3-7(4-6-8)10-9(14)11-13-2/h3-6H,1-2H3,(H2,10,11,14). The minimum absolute atomic E-state index is 0.415. The Hall–Kier alpha value is -1.33. The Morgan fingerprint density at radius 1 is 1.21 bits per heavy atom. The third-order valence-corrected chi connectivity index (χ3v) is 1.73. The highest BCUT2D eigenvalue weighted by atomic mass is 32.1. The molecule has 0 radical (unpaired) electrons. The summed E-state index contributed by atoms with van der Waals surface area (Å²) < 4.78 is 5.02. The second-order valence-electron chi connectivity index (χ2n) is 2.49. The zero-order valence-electron chi connectivity index (χ0n) is 8.03. The molecule has 0 amide bonds. The highest BCUT2D eigenvalue weighted by Crippen LogP contribution is 2.14. The van der Waals surface area contributed by atoms with Crippen molar-refractivity contribution in [1.82, 2.24) is 5.48 Å². The van der Waals surface area contributed by atoms with Crippen molar-refractivity contribution in [1.29, 1.82) is 0 Å². The number of nitrogens with one attached hydrogen (secondary N) is 2. The Kier molecular flexibility index (Phi) is 4.15. The molecule has 0 aliphatic rings. The van der Waals surface area contributed by atoms with Gasteiger partial charge in [0.2, 0.25) is 0 Å². The number of benzene rings is 1. The van der Waals surface area contributed by atoms with Crippen LogP contribution in [0.3, 0.4) is 0 Å². The largest absolute Gasteiger partial charge is 0.497 e. The van der Waals surface area contributed by atoms with Crippen molar-refractivity contribution in [3.8, 4) is 5.75 Å². The van der Waals surface area contributed by atoms with Crippen LogP contribution in [0.1, 0.15) is 0 Å². The molecule has 0 heterocycles. The molecule has 0 atom stereocenters. The molecule has 0 bridgehead atoms. The first kappa shape index (κ1) is 10.7. The number of hydrogen-bond acceptors (Lipinski definition) is 3. The van der Waals surface area contributed by atoms with Crippen LogP contribution in [0.5, 0.6) is 5.75 Å². The molecule has 0 spiro atoms. The van der Waals surface area contributed by atoms with E-state index in [9.17, 15) is 0 Å². The zero-order valence-corrected chi connectivity index (χ0v) is 8.85. The maximum atomic E-state index is 5.02. The van der Waals surface area contributed by atoms with E-state index >= 15 is 0 Å². The second-order valence-corrected chi connectivity index (χ2v) is 2.90. The summed E-state index contributed by atoms with van der Waals surface area (Å²) in [4.78, 5) is 4.64. The molecule has 0 fully saturated rings. The number of methoxy groups -OCH3 is 1. The van der Waals surface area contributed by atoms with E-state index in [0.717, 1.165) is 11.4 Å². The number of ether oxygens (including phenoxy) is 1. The maximum Gasteiger partial charge on any atom is 0.195 e. The molecule has 0 aliphatic heterocycles. The van der Waals surface area contributed by atoms with E-state index in [1.165, 1.54) is 7.11 Å². The molecule has 1 aromatic carbocycles. The first-order valence-corrected chi connectivity index (χ1v) is 4.41. The van der Waals surface area contributed by atoms with Crippen LogP contribution in [-0.4, -0.2) is 19.3 Å². The van der Waals surface area contributed by atoms with Crippen LogP contribution in [0.4, 0.5) is 5.69 Å². The molecule has 0 saturated heterocycles. The summed E-state index contributed by atoms with van der Waals surface area (Å²) in [5.74, 6) is 0.807. The lowest BCUT2D eigenvalue weighted by molar-refractivity contribution is 0.146. The molecule has 5 heteroatoms. The number of hydroxylamine groups is 1. The molecule has 1 rings (SSSR count). The van der Waals surface area contributed by atoms with Crippen molar-refractivity contribution in [2.24, 2.45) is 0 Å². The lowest BCUT2D eigenvalue weighted by Gasteiger charge is -2.08. The summed E-state index contributed by atoms with van der Waals surface area (Å²) in [6.07, 6.45) is 0. The summed E-state index contributed by atoms with van der Waals surface area (Å²) in [6.45, 7) is 0. The Bertz CT molecular complexity index is 300. The van der Waals surface area contributed by atoms with E-state index in [4.69, 9.17) is 17.0 Å². The molecule has 76 valence electrons. The second kappa shape index (κ2) is 5.41. The summed E-state index contributed by atoms with van der Waals surface area (Å²) >= 11 is 4.92. The van der Waals surface area contributed by atoms with Crippen LogP contribution in [0.25, 0.3) is 0 Å². The molecule has 0 saturated carbocycles. The normalized spacial score (nSPS) is 9.29. The van der Waals surface area contributed by atoms with Crippen LogP contribution in [-0.2, 0) is 4.84 Å². The van der Waals surface area contributed by atoms with Crippen LogP contribution in [0.2, 0.25) is 0 Å². The van der Waals surface area contributed by atoms with Crippen molar-refractivity contribution >= 4 is 23.0 Å². The van der Waals surface area contributed by atoms with E-state index < -0.39 is 0 Å². The third-order valence-electron chi connectivity index (χ3n) is 1.54. The van der Waals surface area contributed by atoms with Gasteiger partial charge in [0.1, 0.15) is 5.75 Å². The van der Waals surface area contributed by atoms with Gasteiger partial charge in [0.25, 0.3) is 0 Å². The van der Waals surface area contributed by atoms with Gasteiger partial charge in [0.15, 0.2) is 5.11 Å². The summed E-state index contributed by atoms with van der Waals surface area (Å²) in [5, 5.41) is 3.35. The van der Waals surface area contributed by atoms with E-state index in [-0.39, 0.29) is 0 Å². The predicted molar refractivity (Wildman–Crippen MR) is 59.4 cm³/mol. The minimum Gasteiger partial charge on any atom is -0.497 e. The van der Waals surface area contributed by atoms with E-state index in [0.29, 0.717) is 5.11 Å². The Balaban J connectivity index is 2.55. The molecule has 0 aromatic heterocycles. The summed E-state index contributed by atoms with van der Waals surface area (Å²) in [6, 6.07) is 7.42. The minimum atomic E-state index is 0.415. The Morgan fingerprint density at radius 3 is 2.36 bits per heavy atom. The molecule has 1 aromatic rings. The van der Waals surface area contributed by atoms with Gasteiger partial charge >= 0.3 is 0 Å². The van der Waals surface area contributed by atoms with Crippen molar-refractivity contribution < 1.29 is 9.57 Å². The molecule has 2 N–H and O–H groups in total. The average molecular weight is 212 g/mol. The molecule has 4 nitrogen and oxygen atoms in total. The van der Waals surface area contributed by atoms with Gasteiger partial charge in [-0.05, 0) is 36.5 Å². The lowest BCUT2D eigenvalue weighted by Crippen LogP contribution is -2.27. The molecular formula is C9H12N2O2S. The van der Waals surface area contributed by atoms with E-state index in [1.807, 2.05) is 24.3 Å². The number of hydrogen-bond donors (Lipinski definition) is 2. The molecule has 0 unspecified atom stereocenters. The van der Waals surface area contributed by atoms with Crippen LogP contribution in [0, 0.1) is 0 Å². The summed E-state index contributed by atoms with van der Waals surface area (Å²) in [5.41, 5.74) is 3.39. The molecule has 0 aliphatic carbocycles. The van der Waals surface area contributed by atoms with Crippen molar-refractivity contribution in [3.05, 3.63) is 24.3 Å². The highest BCUT2D eigenvalue weighted by Gasteiger charge is 1.96. The van der Waals surface area contributed by atoms with Gasteiger partial charge in [-0.1, -0.05) is 0 Å². The van der Waals surface area contributed by atoms with Crippen molar-refractivity contribution in [2.45, 2.75) is 0 Å². The van der Waals surface area contributed by atoms with E-state index in [1.54, 1.807) is 7.11 Å². The maximum absolute atomic E-state index is 5.02. The van der Waals surface area contributed by atoms with Gasteiger partial charge in [-0.25, -0.2) is 5.48 Å². The lowest BCUT2D eigenvalue weighted by atomic mass is 10.3. The van der Waals surface area contributed by atoms with Crippen LogP contribution in [0.15, 0.2) is 24.3 Å². The fourth-order valence-electron chi connectivity index (χ4n) is 0.924. The average Bonchev–Trinajstić information content (AvgIpc) is 2.19. The number of rotatable bonds is 3. The molecular weight excluding hydrogens is 200 g/mol. The first-order chi connectivity index (χ1) is 6.76. The van der Waals surface area contributed by atoms with Gasteiger partial charge < -0.3 is 10.1 Å². The SMILES string of the molecule is CONC(=S)Nc1ccc(OC)cc1. The first-order valence-electron chi connectivity index (χ1n) is 4.00.